The maximum Gasteiger partial charge on any atom is 0.336 e. The van der Waals surface area contributed by atoms with Crippen LogP contribution < -0.4 is 14.8 Å². The Morgan fingerprint density at radius 2 is 1.72 bits per heavy atom. The van der Waals surface area contributed by atoms with Gasteiger partial charge >= 0.3 is 5.97 Å². The minimum atomic E-state index is -0.458. The number of esters is 1. The number of ketones is 1. The van der Waals surface area contributed by atoms with Crippen molar-refractivity contribution < 1.29 is 23.8 Å². The number of carbonyl (C=O) groups is 2. The lowest BCUT2D eigenvalue weighted by atomic mass is 9.71. The van der Waals surface area contributed by atoms with E-state index in [0.29, 0.717) is 42.1 Å². The predicted octanol–water partition coefficient (Wildman–Crippen LogP) is 5.74. The van der Waals surface area contributed by atoms with Gasteiger partial charge in [0.1, 0.15) is 0 Å². The molecule has 0 saturated carbocycles. The fourth-order valence-electron chi connectivity index (χ4n) is 5.05. The Hall–Kier alpha value is -3.19. The third kappa shape index (κ3) is 5.03. The molecule has 2 aromatic carbocycles. The molecule has 0 aromatic heterocycles. The van der Waals surface area contributed by atoms with Crippen LogP contribution in [0.2, 0.25) is 0 Å². The summed E-state index contributed by atoms with van der Waals surface area (Å²) >= 11 is 1.66. The van der Waals surface area contributed by atoms with Gasteiger partial charge in [-0.3, -0.25) is 4.79 Å². The van der Waals surface area contributed by atoms with Crippen molar-refractivity contribution in [3.63, 3.8) is 0 Å². The summed E-state index contributed by atoms with van der Waals surface area (Å²) in [6.45, 7) is 4.20. The molecular weight excluding hydrogens is 474 g/mol. The van der Waals surface area contributed by atoms with E-state index < -0.39 is 5.92 Å². The van der Waals surface area contributed by atoms with Gasteiger partial charge in [-0.1, -0.05) is 25.1 Å². The molecule has 2 unspecified atom stereocenters. The summed E-state index contributed by atoms with van der Waals surface area (Å²) < 4.78 is 16.4. The van der Waals surface area contributed by atoms with Gasteiger partial charge < -0.3 is 19.5 Å². The Kier molecular flexibility index (Phi) is 8.09. The van der Waals surface area contributed by atoms with E-state index in [1.54, 1.807) is 26.0 Å². The fraction of sp³-hybridized carbons (Fsp3) is 0.379. The number of carbonyl (C=O) groups excluding carboxylic acids is 2. The molecule has 1 N–H and O–H groups in total. The number of dihydropyridines is 1. The van der Waals surface area contributed by atoms with E-state index in [-0.39, 0.29) is 17.7 Å². The van der Waals surface area contributed by atoms with Gasteiger partial charge in [0.15, 0.2) is 17.3 Å². The number of nitrogens with one attached hydrogen (secondary N) is 1. The van der Waals surface area contributed by atoms with Crippen LogP contribution in [0.25, 0.3) is 0 Å². The first-order chi connectivity index (χ1) is 17.4. The molecule has 1 aliphatic heterocycles. The van der Waals surface area contributed by atoms with Gasteiger partial charge in [0.25, 0.3) is 0 Å². The second-order valence-electron chi connectivity index (χ2n) is 9.04. The minimum Gasteiger partial charge on any atom is -0.493 e. The summed E-state index contributed by atoms with van der Waals surface area (Å²) in [6.07, 6.45) is 3.77. The first-order valence-corrected chi connectivity index (χ1v) is 13.4. The van der Waals surface area contributed by atoms with Crippen molar-refractivity contribution in [2.75, 3.05) is 27.1 Å². The van der Waals surface area contributed by atoms with Gasteiger partial charge in [0.05, 0.1) is 26.4 Å². The van der Waals surface area contributed by atoms with Crippen molar-refractivity contribution in [3.8, 4) is 11.5 Å². The average Bonchev–Trinajstić information content (AvgIpc) is 2.90. The van der Waals surface area contributed by atoms with E-state index in [4.69, 9.17) is 14.2 Å². The van der Waals surface area contributed by atoms with E-state index in [0.717, 1.165) is 33.8 Å². The summed E-state index contributed by atoms with van der Waals surface area (Å²) in [6, 6.07) is 13.9. The van der Waals surface area contributed by atoms with Crippen molar-refractivity contribution in [1.82, 2.24) is 5.32 Å². The lowest BCUT2D eigenvalue weighted by molar-refractivity contribution is -0.139. The molecule has 190 valence electrons. The number of hydrogen-bond donors (Lipinski definition) is 1. The molecule has 1 heterocycles. The monoisotopic (exact) mass is 507 g/mol. The number of hydrogen-bond acceptors (Lipinski definition) is 7. The number of thioether (sulfide) groups is 1. The Balaban J connectivity index is 1.75. The number of benzene rings is 2. The third-order valence-electron chi connectivity index (χ3n) is 6.81. The van der Waals surface area contributed by atoms with E-state index >= 15 is 0 Å². The summed E-state index contributed by atoms with van der Waals surface area (Å²) in [5, 5.41) is 3.41. The highest BCUT2D eigenvalue weighted by atomic mass is 32.2. The van der Waals surface area contributed by atoms with Crippen LogP contribution in [0, 0.1) is 0 Å². The molecule has 2 atom stereocenters. The molecule has 4 rings (SSSR count). The highest BCUT2D eigenvalue weighted by Crippen LogP contribution is 2.46. The molecule has 1 aliphatic carbocycles. The zero-order chi connectivity index (χ0) is 25.8. The van der Waals surface area contributed by atoms with Crippen molar-refractivity contribution in [2.24, 2.45) is 0 Å². The smallest absolute Gasteiger partial charge is 0.336 e. The fourth-order valence-corrected chi connectivity index (χ4v) is 5.46. The molecule has 7 heteroatoms. The van der Waals surface area contributed by atoms with E-state index in [9.17, 15) is 9.59 Å². The van der Waals surface area contributed by atoms with Crippen molar-refractivity contribution in [1.29, 1.82) is 0 Å². The number of methoxy groups -OCH3 is 2. The average molecular weight is 508 g/mol. The second kappa shape index (κ2) is 11.2. The molecule has 2 aromatic rings. The van der Waals surface area contributed by atoms with Crippen LogP contribution >= 0.6 is 11.8 Å². The minimum absolute atomic E-state index is 0.00975. The number of ether oxygens (including phenoxy) is 3. The topological polar surface area (TPSA) is 73.9 Å². The Morgan fingerprint density at radius 3 is 2.36 bits per heavy atom. The first kappa shape index (κ1) is 25.9. The first-order valence-electron chi connectivity index (χ1n) is 12.2. The summed E-state index contributed by atoms with van der Waals surface area (Å²) in [4.78, 5) is 28.1. The largest absolute Gasteiger partial charge is 0.493 e. The highest BCUT2D eigenvalue weighted by Gasteiger charge is 2.41. The molecule has 0 bridgehead atoms. The maximum absolute atomic E-state index is 13.8. The lowest BCUT2D eigenvalue weighted by Crippen LogP contribution is -2.36. The summed E-state index contributed by atoms with van der Waals surface area (Å²) in [5.41, 5.74) is 4.71. The van der Waals surface area contributed by atoms with Crippen LogP contribution in [0.5, 0.6) is 11.5 Å². The van der Waals surface area contributed by atoms with Crippen molar-refractivity contribution >= 4 is 23.5 Å². The van der Waals surface area contributed by atoms with E-state index in [2.05, 4.69) is 5.32 Å². The van der Waals surface area contributed by atoms with Crippen LogP contribution in [0.15, 0.2) is 69.9 Å². The van der Waals surface area contributed by atoms with Crippen LogP contribution in [0.1, 0.15) is 56.1 Å². The standard InChI is InChI=1S/C29H33NO5S/c1-6-13-35-29(32)26-17(2)30-22-14-20(19-9-12-24(33-3)25(16-19)34-4)15-23(31)28(22)27(26)18-7-10-21(36-5)11-8-18/h7-12,16,20,27,30H,6,13-15H2,1-5H3. The molecular formula is C29H33NO5S. The summed E-state index contributed by atoms with van der Waals surface area (Å²) in [7, 11) is 3.21. The number of Topliss-reactive ketones (excluding diaryl/α,β-unsaturated/α-hetero) is 1. The normalized spacial score (nSPS) is 19.5. The summed E-state index contributed by atoms with van der Waals surface area (Å²) in [5.74, 6) is 0.493. The zero-order valence-electron chi connectivity index (χ0n) is 21.5. The predicted molar refractivity (Wildman–Crippen MR) is 142 cm³/mol. The van der Waals surface area contributed by atoms with Gasteiger partial charge in [-0.2, -0.15) is 0 Å². The SMILES string of the molecule is CCCOC(=O)C1=C(C)NC2=C(C(=O)CC(c3ccc(OC)c(OC)c3)C2)C1c1ccc(SC)cc1. The Labute approximate surface area is 217 Å². The van der Waals surface area contributed by atoms with Gasteiger partial charge in [0, 0.05) is 34.2 Å². The molecule has 36 heavy (non-hydrogen) atoms. The highest BCUT2D eigenvalue weighted by molar-refractivity contribution is 7.98. The van der Waals surface area contributed by atoms with Gasteiger partial charge in [-0.05, 0) is 67.3 Å². The second-order valence-corrected chi connectivity index (χ2v) is 9.92. The molecule has 0 spiro atoms. The van der Waals surface area contributed by atoms with Crippen molar-refractivity contribution in [3.05, 3.63) is 76.1 Å². The quantitative estimate of drug-likeness (QED) is 0.361. The zero-order valence-corrected chi connectivity index (χ0v) is 22.3. The lowest BCUT2D eigenvalue weighted by Gasteiger charge is -2.36. The molecule has 0 fully saturated rings. The van der Waals surface area contributed by atoms with Crippen LogP contribution in [0.3, 0.4) is 0 Å². The Bertz CT molecular complexity index is 1210. The van der Waals surface area contributed by atoms with Crippen LogP contribution in [-0.4, -0.2) is 38.8 Å². The molecule has 0 radical (unpaired) electrons. The van der Waals surface area contributed by atoms with Crippen molar-refractivity contribution in [2.45, 2.75) is 49.8 Å². The Morgan fingerprint density at radius 1 is 1.03 bits per heavy atom. The van der Waals surface area contributed by atoms with Gasteiger partial charge in [-0.25, -0.2) is 4.79 Å². The van der Waals surface area contributed by atoms with Crippen LogP contribution in [0.4, 0.5) is 0 Å². The number of rotatable bonds is 8. The maximum atomic E-state index is 13.8. The molecule has 2 aliphatic rings. The van der Waals surface area contributed by atoms with E-state index in [1.807, 2.05) is 62.6 Å². The van der Waals surface area contributed by atoms with Gasteiger partial charge in [0.2, 0.25) is 0 Å². The molecule has 0 saturated heterocycles. The molecule has 6 nitrogen and oxygen atoms in total. The van der Waals surface area contributed by atoms with E-state index in [1.165, 1.54) is 0 Å². The van der Waals surface area contributed by atoms with Crippen LogP contribution in [-0.2, 0) is 14.3 Å². The number of allylic oxidation sites excluding steroid dienone is 3. The third-order valence-corrected chi connectivity index (χ3v) is 7.56. The molecule has 0 amide bonds. The van der Waals surface area contributed by atoms with Gasteiger partial charge in [-0.15, -0.1) is 11.8 Å².